The van der Waals surface area contributed by atoms with Crippen molar-refractivity contribution in [2.24, 2.45) is 17.1 Å². The van der Waals surface area contributed by atoms with Crippen LogP contribution in [-0.2, 0) is 9.59 Å². The molecule has 22 heavy (non-hydrogen) atoms. The Bertz CT molecular complexity index is 405. The van der Waals surface area contributed by atoms with E-state index in [1.165, 1.54) is 0 Å². The molecular formula is C16H30ClN3O2. The lowest BCUT2D eigenvalue weighted by molar-refractivity contribution is -0.140. The molecule has 2 heterocycles. The number of amides is 2. The van der Waals surface area contributed by atoms with Gasteiger partial charge >= 0.3 is 0 Å². The highest BCUT2D eigenvalue weighted by Gasteiger charge is 2.38. The van der Waals surface area contributed by atoms with Crippen molar-refractivity contribution >= 4 is 24.2 Å². The highest BCUT2D eigenvalue weighted by atomic mass is 35.5. The fourth-order valence-electron chi connectivity index (χ4n) is 3.41. The van der Waals surface area contributed by atoms with Crippen molar-refractivity contribution in [3.63, 3.8) is 0 Å². The van der Waals surface area contributed by atoms with Gasteiger partial charge in [-0.1, -0.05) is 13.8 Å². The zero-order chi connectivity index (χ0) is 15.5. The van der Waals surface area contributed by atoms with E-state index in [-0.39, 0.29) is 35.6 Å². The van der Waals surface area contributed by atoms with Gasteiger partial charge in [-0.3, -0.25) is 9.59 Å². The van der Waals surface area contributed by atoms with E-state index in [1.807, 2.05) is 16.7 Å². The van der Waals surface area contributed by atoms with Gasteiger partial charge in [0.1, 0.15) is 0 Å². The lowest BCUT2D eigenvalue weighted by atomic mass is 9.90. The first-order valence-corrected chi connectivity index (χ1v) is 8.26. The number of carbonyl (C=O) groups excluding carboxylic acids is 2. The van der Waals surface area contributed by atoms with E-state index >= 15 is 0 Å². The van der Waals surface area contributed by atoms with Gasteiger partial charge in [0.15, 0.2) is 0 Å². The lowest BCUT2D eigenvalue weighted by Crippen LogP contribution is -2.46. The molecule has 2 unspecified atom stereocenters. The molecule has 0 saturated carbocycles. The van der Waals surface area contributed by atoms with Crippen LogP contribution < -0.4 is 5.73 Å². The molecule has 2 fully saturated rings. The second kappa shape index (κ2) is 8.16. The Kier molecular flexibility index (Phi) is 7.13. The standard InChI is InChI=1S/C16H29N3O2.ClH/c1-3-5-14(20)18-8-4-6-13(10-18)15(21)19-9-7-16(2,11-17)12-19;/h13H,3-12,17H2,1-2H3;1H. The molecule has 2 N–H and O–H groups in total. The molecule has 0 bridgehead atoms. The maximum absolute atomic E-state index is 12.7. The Labute approximate surface area is 140 Å². The maximum atomic E-state index is 12.7. The SMILES string of the molecule is CCCC(=O)N1CCCC(C(=O)N2CCC(C)(CN)C2)C1.Cl. The van der Waals surface area contributed by atoms with E-state index in [9.17, 15) is 9.59 Å². The molecule has 2 saturated heterocycles. The van der Waals surface area contributed by atoms with Crippen LogP contribution in [0.5, 0.6) is 0 Å². The smallest absolute Gasteiger partial charge is 0.227 e. The van der Waals surface area contributed by atoms with Gasteiger partial charge in [0.05, 0.1) is 5.92 Å². The van der Waals surface area contributed by atoms with Crippen molar-refractivity contribution in [1.82, 2.24) is 9.80 Å². The lowest BCUT2D eigenvalue weighted by Gasteiger charge is -2.34. The van der Waals surface area contributed by atoms with Crippen LogP contribution in [0.15, 0.2) is 0 Å². The van der Waals surface area contributed by atoms with Crippen LogP contribution >= 0.6 is 12.4 Å². The molecule has 2 amide bonds. The number of hydrogen-bond donors (Lipinski definition) is 1. The highest BCUT2D eigenvalue weighted by Crippen LogP contribution is 2.30. The Hall–Kier alpha value is -0.810. The van der Waals surface area contributed by atoms with Crippen molar-refractivity contribution < 1.29 is 9.59 Å². The molecule has 0 radical (unpaired) electrons. The second-order valence-electron chi connectivity index (χ2n) is 6.95. The summed E-state index contributed by atoms with van der Waals surface area (Å²) < 4.78 is 0. The Morgan fingerprint density at radius 2 is 2.00 bits per heavy atom. The number of piperidine rings is 1. The molecule has 2 aliphatic heterocycles. The fraction of sp³-hybridized carbons (Fsp3) is 0.875. The van der Waals surface area contributed by atoms with Gasteiger partial charge in [0.2, 0.25) is 11.8 Å². The first-order chi connectivity index (χ1) is 9.99. The van der Waals surface area contributed by atoms with E-state index in [4.69, 9.17) is 5.73 Å². The number of nitrogens with zero attached hydrogens (tertiary/aromatic N) is 2. The maximum Gasteiger partial charge on any atom is 0.227 e. The number of hydrogen-bond acceptors (Lipinski definition) is 3. The average molecular weight is 332 g/mol. The predicted molar refractivity (Wildman–Crippen MR) is 89.8 cm³/mol. The summed E-state index contributed by atoms with van der Waals surface area (Å²) in [6.45, 7) is 7.79. The first kappa shape index (κ1) is 19.2. The Morgan fingerprint density at radius 1 is 1.27 bits per heavy atom. The van der Waals surface area contributed by atoms with Gasteiger partial charge in [0.25, 0.3) is 0 Å². The van der Waals surface area contributed by atoms with Gasteiger partial charge in [-0.05, 0) is 37.6 Å². The molecule has 2 aliphatic rings. The molecule has 0 aromatic carbocycles. The number of halogens is 1. The zero-order valence-corrected chi connectivity index (χ0v) is 14.7. The average Bonchev–Trinajstić information content (AvgIpc) is 2.90. The topological polar surface area (TPSA) is 66.6 Å². The van der Waals surface area contributed by atoms with Crippen molar-refractivity contribution in [1.29, 1.82) is 0 Å². The summed E-state index contributed by atoms with van der Waals surface area (Å²) in [5.41, 5.74) is 5.88. The van der Waals surface area contributed by atoms with Crippen LogP contribution in [-0.4, -0.2) is 54.3 Å². The van der Waals surface area contributed by atoms with E-state index in [2.05, 4.69) is 6.92 Å². The predicted octanol–water partition coefficient (Wildman–Crippen LogP) is 1.64. The molecule has 128 valence electrons. The summed E-state index contributed by atoms with van der Waals surface area (Å²) in [6.07, 6.45) is 4.30. The third kappa shape index (κ3) is 4.35. The normalized spacial score (nSPS) is 28.4. The minimum Gasteiger partial charge on any atom is -0.342 e. The molecule has 0 aliphatic carbocycles. The van der Waals surface area contributed by atoms with E-state index in [0.717, 1.165) is 45.3 Å². The van der Waals surface area contributed by atoms with Gasteiger partial charge in [-0.2, -0.15) is 0 Å². The van der Waals surface area contributed by atoms with Crippen molar-refractivity contribution in [2.75, 3.05) is 32.7 Å². The van der Waals surface area contributed by atoms with Crippen molar-refractivity contribution in [3.05, 3.63) is 0 Å². The first-order valence-electron chi connectivity index (χ1n) is 8.26. The van der Waals surface area contributed by atoms with Crippen LogP contribution in [0, 0.1) is 11.3 Å². The van der Waals surface area contributed by atoms with Crippen LogP contribution in [0.2, 0.25) is 0 Å². The monoisotopic (exact) mass is 331 g/mol. The zero-order valence-electron chi connectivity index (χ0n) is 13.8. The molecule has 6 heteroatoms. The molecule has 2 rings (SSSR count). The second-order valence-corrected chi connectivity index (χ2v) is 6.95. The molecule has 5 nitrogen and oxygen atoms in total. The third-order valence-electron chi connectivity index (χ3n) is 4.95. The molecule has 2 atom stereocenters. The minimum absolute atomic E-state index is 0. The molecule has 0 spiro atoms. The number of carbonyl (C=O) groups is 2. The fourth-order valence-corrected chi connectivity index (χ4v) is 3.41. The Morgan fingerprint density at radius 3 is 2.59 bits per heavy atom. The van der Waals surface area contributed by atoms with Gasteiger partial charge in [-0.15, -0.1) is 12.4 Å². The number of likely N-dealkylation sites (tertiary alicyclic amines) is 2. The largest absolute Gasteiger partial charge is 0.342 e. The van der Waals surface area contributed by atoms with Gasteiger partial charge < -0.3 is 15.5 Å². The van der Waals surface area contributed by atoms with Crippen molar-refractivity contribution in [2.45, 2.75) is 46.0 Å². The summed E-state index contributed by atoms with van der Waals surface area (Å²) in [4.78, 5) is 28.5. The number of rotatable bonds is 4. The van der Waals surface area contributed by atoms with Crippen LogP contribution in [0.3, 0.4) is 0 Å². The summed E-state index contributed by atoms with van der Waals surface area (Å²) in [6, 6.07) is 0. The van der Waals surface area contributed by atoms with Crippen LogP contribution in [0.25, 0.3) is 0 Å². The molecule has 0 aromatic heterocycles. The summed E-state index contributed by atoms with van der Waals surface area (Å²) in [5.74, 6) is 0.407. The van der Waals surface area contributed by atoms with E-state index in [0.29, 0.717) is 19.5 Å². The third-order valence-corrected chi connectivity index (χ3v) is 4.95. The number of nitrogens with two attached hydrogens (primary N) is 1. The molecule has 0 aromatic rings. The summed E-state index contributed by atoms with van der Waals surface area (Å²) >= 11 is 0. The van der Waals surface area contributed by atoms with E-state index < -0.39 is 0 Å². The van der Waals surface area contributed by atoms with Gasteiger partial charge in [-0.25, -0.2) is 0 Å². The minimum atomic E-state index is -0.0142. The van der Waals surface area contributed by atoms with E-state index in [1.54, 1.807) is 0 Å². The van der Waals surface area contributed by atoms with Gasteiger partial charge in [0, 0.05) is 32.6 Å². The highest BCUT2D eigenvalue weighted by molar-refractivity contribution is 5.85. The quantitative estimate of drug-likeness (QED) is 0.851. The molecular weight excluding hydrogens is 302 g/mol. The summed E-state index contributed by atoms with van der Waals surface area (Å²) in [5, 5.41) is 0. The Balaban J connectivity index is 0.00000242. The van der Waals surface area contributed by atoms with Crippen LogP contribution in [0.1, 0.15) is 46.0 Å². The summed E-state index contributed by atoms with van der Waals surface area (Å²) in [7, 11) is 0. The van der Waals surface area contributed by atoms with Crippen LogP contribution in [0.4, 0.5) is 0 Å². The van der Waals surface area contributed by atoms with Crippen molar-refractivity contribution in [3.8, 4) is 0 Å².